The lowest BCUT2D eigenvalue weighted by atomic mass is 10.1. The smallest absolute Gasteiger partial charge is 0.267 e. The number of rotatable bonds is 5. The molecule has 1 aromatic carbocycles. The Labute approximate surface area is 167 Å². The summed E-state index contributed by atoms with van der Waals surface area (Å²) < 4.78 is 27.2. The van der Waals surface area contributed by atoms with E-state index < -0.39 is 10.0 Å². The zero-order valence-corrected chi connectivity index (χ0v) is 17.0. The Bertz CT molecular complexity index is 1150. The van der Waals surface area contributed by atoms with Gasteiger partial charge in [0.2, 0.25) is 0 Å². The van der Waals surface area contributed by atoms with Gasteiger partial charge in [-0.25, -0.2) is 17.4 Å². The van der Waals surface area contributed by atoms with Gasteiger partial charge in [0.15, 0.2) is 5.16 Å². The molecule has 1 aliphatic heterocycles. The first kappa shape index (κ1) is 19.0. The molecule has 0 aliphatic carbocycles. The van der Waals surface area contributed by atoms with E-state index in [-0.39, 0.29) is 10.5 Å². The van der Waals surface area contributed by atoms with E-state index >= 15 is 0 Å². The molecule has 0 amide bonds. The maximum atomic E-state index is 13.0. The first-order chi connectivity index (χ1) is 13.5. The summed E-state index contributed by atoms with van der Waals surface area (Å²) in [4.78, 5) is 22.0. The highest BCUT2D eigenvalue weighted by atomic mass is 32.2. The molecule has 0 unspecified atom stereocenters. The van der Waals surface area contributed by atoms with Crippen molar-refractivity contribution in [3.05, 3.63) is 76.0 Å². The molecule has 146 valence electrons. The van der Waals surface area contributed by atoms with Gasteiger partial charge in [0.1, 0.15) is 0 Å². The molecule has 1 aliphatic rings. The lowest BCUT2D eigenvalue weighted by Gasteiger charge is -2.27. The summed E-state index contributed by atoms with van der Waals surface area (Å²) in [6, 6.07) is 11.9. The highest BCUT2D eigenvalue weighted by molar-refractivity contribution is 7.98. The third-order valence-electron chi connectivity index (χ3n) is 4.80. The first-order valence-electron chi connectivity index (χ1n) is 8.84. The summed E-state index contributed by atoms with van der Waals surface area (Å²) in [5.74, 6) is 0. The van der Waals surface area contributed by atoms with Crippen molar-refractivity contribution in [1.82, 2.24) is 18.8 Å². The summed E-state index contributed by atoms with van der Waals surface area (Å²) >= 11 is 1.41. The van der Waals surface area contributed by atoms with E-state index in [1.54, 1.807) is 48.7 Å². The van der Waals surface area contributed by atoms with Crippen molar-refractivity contribution in [2.75, 3.05) is 12.8 Å². The number of hydrogen-bond acceptors (Lipinski definition) is 6. The van der Waals surface area contributed by atoms with E-state index in [9.17, 15) is 13.2 Å². The van der Waals surface area contributed by atoms with Crippen LogP contribution in [0.3, 0.4) is 0 Å². The number of thioether (sulfide) groups is 1. The van der Waals surface area contributed by atoms with Crippen LogP contribution in [-0.2, 0) is 29.5 Å². The number of benzene rings is 1. The Hall–Kier alpha value is -2.36. The summed E-state index contributed by atoms with van der Waals surface area (Å²) in [7, 11) is -3.65. The second-order valence-electron chi connectivity index (χ2n) is 6.57. The summed E-state index contributed by atoms with van der Waals surface area (Å²) in [5, 5.41) is 0.625. The molecule has 0 spiro atoms. The molecule has 0 bridgehead atoms. The van der Waals surface area contributed by atoms with Gasteiger partial charge >= 0.3 is 0 Å². The van der Waals surface area contributed by atoms with Crippen LogP contribution in [0.5, 0.6) is 0 Å². The van der Waals surface area contributed by atoms with Crippen LogP contribution in [0.25, 0.3) is 0 Å². The molecule has 0 radical (unpaired) electrons. The van der Waals surface area contributed by atoms with E-state index in [0.717, 1.165) is 5.69 Å². The first-order valence-corrected chi connectivity index (χ1v) is 11.5. The van der Waals surface area contributed by atoms with Crippen molar-refractivity contribution in [2.24, 2.45) is 0 Å². The van der Waals surface area contributed by atoms with Crippen molar-refractivity contribution in [1.29, 1.82) is 0 Å². The van der Waals surface area contributed by atoms with Gasteiger partial charge in [-0.3, -0.25) is 9.69 Å². The van der Waals surface area contributed by atoms with E-state index in [1.165, 1.54) is 15.7 Å². The largest absolute Gasteiger partial charge is 0.301 e. The molecule has 28 heavy (non-hydrogen) atoms. The molecule has 2 aromatic heterocycles. The molecule has 1 N–H and O–H groups in total. The Morgan fingerprint density at radius 3 is 2.71 bits per heavy atom. The average molecular weight is 417 g/mol. The number of fused-ring (bicyclic) bond motifs is 1. The third-order valence-corrected chi connectivity index (χ3v) is 7.12. The number of aromatic nitrogens is 3. The Morgan fingerprint density at radius 2 is 1.96 bits per heavy atom. The lowest BCUT2D eigenvalue weighted by molar-refractivity contribution is 0.237. The molecule has 7 nitrogen and oxygen atoms in total. The molecule has 9 heteroatoms. The van der Waals surface area contributed by atoms with Crippen molar-refractivity contribution in [3.8, 4) is 0 Å². The van der Waals surface area contributed by atoms with Crippen LogP contribution in [0.15, 0.2) is 63.5 Å². The van der Waals surface area contributed by atoms with Crippen LogP contribution in [0, 0.1) is 0 Å². The highest BCUT2D eigenvalue weighted by Gasteiger charge is 2.24. The van der Waals surface area contributed by atoms with E-state index in [0.29, 0.717) is 42.5 Å². The standard InChI is InChI=1S/C19H20N4O3S2/c1-27-19-20-17-9-11-22(13-16(17)18(24)21-19)12-14-6-5-10-23(14)28(25,26)15-7-3-2-4-8-15/h2-8,10H,9,11-13H2,1H3,(H,20,21,24). The molecule has 0 atom stereocenters. The van der Waals surface area contributed by atoms with Crippen LogP contribution >= 0.6 is 11.8 Å². The van der Waals surface area contributed by atoms with Crippen molar-refractivity contribution >= 4 is 21.8 Å². The summed E-state index contributed by atoms with van der Waals surface area (Å²) in [6.07, 6.45) is 4.11. The Balaban J connectivity index is 1.59. The van der Waals surface area contributed by atoms with Gasteiger partial charge in [-0.05, 0) is 30.5 Å². The van der Waals surface area contributed by atoms with E-state index in [1.807, 2.05) is 6.26 Å². The fraction of sp³-hybridized carbons (Fsp3) is 0.263. The number of nitrogens with one attached hydrogen (secondary N) is 1. The minimum atomic E-state index is -3.65. The van der Waals surface area contributed by atoms with Crippen LogP contribution in [0.4, 0.5) is 0 Å². The van der Waals surface area contributed by atoms with Gasteiger partial charge in [0, 0.05) is 37.9 Å². The van der Waals surface area contributed by atoms with Crippen molar-refractivity contribution < 1.29 is 8.42 Å². The number of aromatic amines is 1. The van der Waals surface area contributed by atoms with Gasteiger partial charge in [0.25, 0.3) is 15.6 Å². The highest BCUT2D eigenvalue weighted by Crippen LogP contribution is 2.21. The summed E-state index contributed by atoms with van der Waals surface area (Å²) in [5.41, 5.74) is 2.04. The normalized spacial score (nSPS) is 14.8. The molecular weight excluding hydrogens is 396 g/mol. The zero-order valence-electron chi connectivity index (χ0n) is 15.3. The van der Waals surface area contributed by atoms with Gasteiger partial charge in [0.05, 0.1) is 16.2 Å². The monoisotopic (exact) mass is 416 g/mol. The fourth-order valence-electron chi connectivity index (χ4n) is 3.38. The number of nitrogens with zero attached hydrogens (tertiary/aromatic N) is 3. The van der Waals surface area contributed by atoms with Gasteiger partial charge in [-0.15, -0.1) is 0 Å². The molecule has 0 fully saturated rings. The molecule has 0 saturated heterocycles. The maximum Gasteiger partial charge on any atom is 0.267 e. The second kappa shape index (κ2) is 7.57. The molecular formula is C19H20N4O3S2. The SMILES string of the molecule is CSc1nc2c(c(=O)[nH]1)CN(Cc1cccn1S(=O)(=O)c1ccccc1)CC2. The second-order valence-corrected chi connectivity index (χ2v) is 9.18. The molecule has 0 saturated carbocycles. The zero-order chi connectivity index (χ0) is 19.7. The minimum absolute atomic E-state index is 0.119. The molecule has 3 heterocycles. The molecule has 4 rings (SSSR count). The Kier molecular flexibility index (Phi) is 5.13. The van der Waals surface area contributed by atoms with E-state index in [2.05, 4.69) is 14.9 Å². The maximum absolute atomic E-state index is 13.0. The van der Waals surface area contributed by atoms with Gasteiger partial charge in [-0.1, -0.05) is 30.0 Å². The number of H-pyrrole nitrogens is 1. The average Bonchev–Trinajstić information content (AvgIpc) is 3.18. The van der Waals surface area contributed by atoms with Gasteiger partial charge in [-0.2, -0.15) is 0 Å². The van der Waals surface area contributed by atoms with Crippen molar-refractivity contribution in [2.45, 2.75) is 29.6 Å². The topological polar surface area (TPSA) is 88.1 Å². The van der Waals surface area contributed by atoms with Gasteiger partial charge < -0.3 is 4.98 Å². The Morgan fingerprint density at radius 1 is 1.18 bits per heavy atom. The predicted octanol–water partition coefficient (Wildman–Crippen LogP) is 2.09. The quantitative estimate of drug-likeness (QED) is 0.506. The summed E-state index contributed by atoms with van der Waals surface area (Å²) in [6.45, 7) is 1.60. The minimum Gasteiger partial charge on any atom is -0.301 e. The van der Waals surface area contributed by atoms with Crippen LogP contribution in [-0.4, -0.2) is 40.1 Å². The molecule has 3 aromatic rings. The third kappa shape index (κ3) is 3.52. The van der Waals surface area contributed by atoms with Crippen LogP contribution in [0.1, 0.15) is 17.0 Å². The van der Waals surface area contributed by atoms with E-state index in [4.69, 9.17) is 0 Å². The predicted molar refractivity (Wildman–Crippen MR) is 108 cm³/mol. The lowest BCUT2D eigenvalue weighted by Crippen LogP contribution is -2.36. The van der Waals surface area contributed by atoms with Crippen molar-refractivity contribution in [3.63, 3.8) is 0 Å². The van der Waals surface area contributed by atoms with Crippen LogP contribution < -0.4 is 5.56 Å². The van der Waals surface area contributed by atoms with Crippen LogP contribution in [0.2, 0.25) is 0 Å². The number of hydrogen-bond donors (Lipinski definition) is 1. The fourth-order valence-corrected chi connectivity index (χ4v) is 5.17.